The molecule has 0 amide bonds. The number of anilines is 1. The summed E-state index contributed by atoms with van der Waals surface area (Å²) in [5.41, 5.74) is 0.538. The van der Waals surface area contributed by atoms with E-state index in [1.54, 1.807) is 0 Å². The normalized spacial score (nSPS) is 11.7. The Hall–Kier alpha value is -2.48. The average Bonchev–Trinajstić information content (AvgIpc) is 2.58. The molecule has 0 aromatic heterocycles. The SMILES string of the molecule is CS(=O)(=O)N(CCNS(=O)(=O)c1ccc(F)cc1)c1cccc(C#N)c1. The van der Waals surface area contributed by atoms with Gasteiger partial charge in [-0.1, -0.05) is 6.07 Å². The van der Waals surface area contributed by atoms with Gasteiger partial charge in [0.15, 0.2) is 0 Å². The summed E-state index contributed by atoms with van der Waals surface area (Å²) in [5, 5.41) is 8.94. The zero-order valence-corrected chi connectivity index (χ0v) is 15.4. The van der Waals surface area contributed by atoms with E-state index in [2.05, 4.69) is 4.72 Å². The first-order valence-electron chi connectivity index (χ1n) is 7.36. The third-order valence-electron chi connectivity index (χ3n) is 3.39. The zero-order valence-electron chi connectivity index (χ0n) is 13.8. The molecule has 0 atom stereocenters. The van der Waals surface area contributed by atoms with Crippen molar-refractivity contribution in [2.45, 2.75) is 4.90 Å². The molecule has 0 saturated heterocycles. The Morgan fingerprint density at radius 2 is 1.77 bits per heavy atom. The summed E-state index contributed by atoms with van der Waals surface area (Å²) in [7, 11) is -7.60. The van der Waals surface area contributed by atoms with Crippen molar-refractivity contribution in [3.8, 4) is 6.07 Å². The number of nitriles is 1. The molecule has 0 fully saturated rings. The Morgan fingerprint density at radius 1 is 1.12 bits per heavy atom. The molecule has 2 rings (SSSR count). The van der Waals surface area contributed by atoms with Crippen LogP contribution in [0.25, 0.3) is 0 Å². The predicted octanol–water partition coefficient (Wildman–Crippen LogP) is 1.44. The highest BCUT2D eigenvalue weighted by atomic mass is 32.2. The minimum absolute atomic E-state index is 0.128. The first kappa shape index (κ1) is 19.8. The molecule has 0 aliphatic carbocycles. The number of nitrogens with zero attached hydrogens (tertiary/aromatic N) is 2. The van der Waals surface area contributed by atoms with Crippen molar-refractivity contribution < 1.29 is 21.2 Å². The maximum Gasteiger partial charge on any atom is 0.240 e. The highest BCUT2D eigenvalue weighted by molar-refractivity contribution is 7.92. The van der Waals surface area contributed by atoms with Crippen LogP contribution in [0, 0.1) is 17.1 Å². The van der Waals surface area contributed by atoms with Crippen molar-refractivity contribution in [2.75, 3.05) is 23.7 Å². The molecule has 26 heavy (non-hydrogen) atoms. The minimum Gasteiger partial charge on any atom is -0.269 e. The fourth-order valence-corrected chi connectivity index (χ4v) is 4.14. The van der Waals surface area contributed by atoms with Crippen molar-refractivity contribution in [1.82, 2.24) is 4.72 Å². The van der Waals surface area contributed by atoms with E-state index >= 15 is 0 Å². The Kier molecular flexibility index (Phi) is 5.97. The highest BCUT2D eigenvalue weighted by Gasteiger charge is 2.19. The van der Waals surface area contributed by atoms with E-state index < -0.39 is 25.9 Å². The fraction of sp³-hybridized carbons (Fsp3) is 0.188. The van der Waals surface area contributed by atoms with Crippen LogP contribution in [0.1, 0.15) is 5.56 Å². The van der Waals surface area contributed by atoms with E-state index in [-0.39, 0.29) is 29.2 Å². The Balaban J connectivity index is 2.15. The summed E-state index contributed by atoms with van der Waals surface area (Å²) in [6.45, 7) is -0.377. The number of sulfonamides is 2. The van der Waals surface area contributed by atoms with E-state index in [1.807, 2.05) is 6.07 Å². The van der Waals surface area contributed by atoms with Gasteiger partial charge < -0.3 is 0 Å². The lowest BCUT2D eigenvalue weighted by Crippen LogP contribution is -2.38. The smallest absolute Gasteiger partial charge is 0.240 e. The van der Waals surface area contributed by atoms with Gasteiger partial charge in [0, 0.05) is 13.1 Å². The second-order valence-electron chi connectivity index (χ2n) is 5.35. The van der Waals surface area contributed by atoms with Gasteiger partial charge >= 0.3 is 0 Å². The van der Waals surface area contributed by atoms with Crippen LogP contribution in [0.3, 0.4) is 0 Å². The standard InChI is InChI=1S/C16H16FN3O4S2/c1-25(21,22)20(15-4-2-3-13(11-15)12-18)10-9-19-26(23,24)16-7-5-14(17)6-8-16/h2-8,11,19H,9-10H2,1H3. The van der Waals surface area contributed by atoms with E-state index in [0.29, 0.717) is 0 Å². The molecule has 2 aromatic rings. The molecule has 0 spiro atoms. The zero-order chi connectivity index (χ0) is 19.4. The van der Waals surface area contributed by atoms with Crippen LogP contribution < -0.4 is 9.03 Å². The summed E-state index contributed by atoms with van der Waals surface area (Å²) >= 11 is 0. The van der Waals surface area contributed by atoms with Crippen LogP contribution in [0.4, 0.5) is 10.1 Å². The van der Waals surface area contributed by atoms with Gasteiger partial charge in [0.25, 0.3) is 0 Å². The second-order valence-corrected chi connectivity index (χ2v) is 9.02. The number of nitrogens with one attached hydrogen (secondary N) is 1. The van der Waals surface area contributed by atoms with Crippen molar-refractivity contribution >= 4 is 25.7 Å². The third-order valence-corrected chi connectivity index (χ3v) is 6.07. The molecule has 0 saturated carbocycles. The first-order chi connectivity index (χ1) is 12.1. The lowest BCUT2D eigenvalue weighted by Gasteiger charge is -2.22. The Morgan fingerprint density at radius 3 is 2.35 bits per heavy atom. The second kappa shape index (κ2) is 7.82. The van der Waals surface area contributed by atoms with Gasteiger partial charge in [-0.3, -0.25) is 4.31 Å². The molecular formula is C16H16FN3O4S2. The summed E-state index contributed by atoms with van der Waals surface area (Å²) < 4.78 is 64.5. The molecule has 0 bridgehead atoms. The highest BCUT2D eigenvalue weighted by Crippen LogP contribution is 2.18. The Labute approximate surface area is 151 Å². The number of hydrogen-bond acceptors (Lipinski definition) is 5. The molecule has 2 aromatic carbocycles. The lowest BCUT2D eigenvalue weighted by molar-refractivity contribution is 0.577. The van der Waals surface area contributed by atoms with Crippen LogP contribution in [0.5, 0.6) is 0 Å². The Bertz CT molecular complexity index is 1030. The summed E-state index contributed by atoms with van der Waals surface area (Å²) in [4.78, 5) is -0.128. The van der Waals surface area contributed by atoms with Crippen molar-refractivity contribution in [3.05, 3.63) is 59.9 Å². The average molecular weight is 397 g/mol. The monoisotopic (exact) mass is 397 g/mol. The minimum atomic E-state index is -3.90. The molecule has 138 valence electrons. The van der Waals surface area contributed by atoms with Crippen LogP contribution in [-0.2, 0) is 20.0 Å². The van der Waals surface area contributed by atoms with Gasteiger partial charge in [-0.2, -0.15) is 5.26 Å². The number of benzene rings is 2. The van der Waals surface area contributed by atoms with Crippen molar-refractivity contribution in [2.24, 2.45) is 0 Å². The predicted molar refractivity (Wildman–Crippen MR) is 94.9 cm³/mol. The van der Waals surface area contributed by atoms with Gasteiger partial charge in [0.2, 0.25) is 20.0 Å². The van der Waals surface area contributed by atoms with E-state index in [4.69, 9.17) is 5.26 Å². The first-order valence-corrected chi connectivity index (χ1v) is 10.7. The van der Waals surface area contributed by atoms with Crippen molar-refractivity contribution in [3.63, 3.8) is 0 Å². The van der Waals surface area contributed by atoms with E-state index in [1.165, 1.54) is 24.3 Å². The molecule has 7 nitrogen and oxygen atoms in total. The van der Waals surface area contributed by atoms with Gasteiger partial charge in [0.05, 0.1) is 28.5 Å². The topological polar surface area (TPSA) is 107 Å². The van der Waals surface area contributed by atoms with Gasteiger partial charge in [-0.15, -0.1) is 0 Å². The molecule has 0 aliphatic heterocycles. The van der Waals surface area contributed by atoms with Gasteiger partial charge in [-0.25, -0.2) is 25.9 Å². The quantitative estimate of drug-likeness (QED) is 0.761. The maximum atomic E-state index is 12.9. The number of rotatable bonds is 7. The van der Waals surface area contributed by atoms with Crippen LogP contribution in [-0.4, -0.2) is 36.2 Å². The molecule has 0 heterocycles. The fourth-order valence-electron chi connectivity index (χ4n) is 2.20. The molecule has 10 heteroatoms. The summed E-state index contributed by atoms with van der Waals surface area (Å²) in [5.74, 6) is -0.565. The largest absolute Gasteiger partial charge is 0.269 e. The molecule has 1 N–H and O–H groups in total. The lowest BCUT2D eigenvalue weighted by atomic mass is 10.2. The third kappa shape index (κ3) is 5.01. The van der Waals surface area contributed by atoms with Gasteiger partial charge in [0.1, 0.15) is 5.82 Å². The number of halogens is 1. The van der Waals surface area contributed by atoms with Crippen molar-refractivity contribution in [1.29, 1.82) is 5.26 Å². The van der Waals surface area contributed by atoms with Crippen LogP contribution >= 0.6 is 0 Å². The van der Waals surface area contributed by atoms with E-state index in [0.717, 1.165) is 34.8 Å². The molecule has 0 aliphatic rings. The van der Waals surface area contributed by atoms with E-state index in [9.17, 15) is 21.2 Å². The molecule has 0 radical (unpaired) electrons. The molecular weight excluding hydrogens is 381 g/mol. The van der Waals surface area contributed by atoms with Crippen LogP contribution in [0.2, 0.25) is 0 Å². The number of hydrogen-bond donors (Lipinski definition) is 1. The van der Waals surface area contributed by atoms with Gasteiger partial charge in [-0.05, 0) is 42.5 Å². The maximum absolute atomic E-state index is 12.9. The molecule has 0 unspecified atom stereocenters. The van der Waals surface area contributed by atoms with Crippen LogP contribution in [0.15, 0.2) is 53.4 Å². The summed E-state index contributed by atoms with van der Waals surface area (Å²) in [6.07, 6.45) is 0.987. The summed E-state index contributed by atoms with van der Waals surface area (Å²) in [6, 6.07) is 12.2.